The van der Waals surface area contributed by atoms with E-state index in [4.69, 9.17) is 9.47 Å². The number of hydrogen-bond acceptors (Lipinski definition) is 6. The topological polar surface area (TPSA) is 74.3 Å². The van der Waals surface area contributed by atoms with Gasteiger partial charge in [0.05, 0.1) is 22.6 Å². The molecule has 2 heterocycles. The molecular weight excluding hydrogens is 406 g/mol. The third-order valence-corrected chi connectivity index (χ3v) is 5.60. The van der Waals surface area contributed by atoms with Gasteiger partial charge in [0.2, 0.25) is 0 Å². The van der Waals surface area contributed by atoms with E-state index in [9.17, 15) is 10.0 Å². The van der Waals surface area contributed by atoms with Gasteiger partial charge in [-0.05, 0) is 48.9 Å². The van der Waals surface area contributed by atoms with Crippen molar-refractivity contribution in [3.8, 4) is 11.5 Å². The first-order chi connectivity index (χ1) is 15.6. The van der Waals surface area contributed by atoms with Crippen LogP contribution in [-0.4, -0.2) is 30.9 Å². The van der Waals surface area contributed by atoms with Crippen LogP contribution in [0.5, 0.6) is 11.5 Å². The molecule has 1 amide bonds. The van der Waals surface area contributed by atoms with Crippen LogP contribution in [-0.2, 0) is 0 Å². The second-order valence-corrected chi connectivity index (χ2v) is 7.54. The zero-order valence-corrected chi connectivity index (χ0v) is 17.7. The van der Waals surface area contributed by atoms with Gasteiger partial charge in [-0.2, -0.15) is 0 Å². The summed E-state index contributed by atoms with van der Waals surface area (Å²) in [6.45, 7) is 7.60. The summed E-state index contributed by atoms with van der Waals surface area (Å²) in [6.07, 6.45) is 0. The van der Waals surface area contributed by atoms with Gasteiger partial charge in [0.25, 0.3) is 5.91 Å². The third kappa shape index (κ3) is 3.33. The van der Waals surface area contributed by atoms with Gasteiger partial charge in [-0.15, -0.1) is 0 Å². The van der Waals surface area contributed by atoms with E-state index in [1.165, 1.54) is 0 Å². The number of carbonyl (C=O) groups is 1. The van der Waals surface area contributed by atoms with Crippen LogP contribution in [0.25, 0.3) is 5.70 Å². The number of nitrogens with one attached hydrogen (secondary N) is 1. The van der Waals surface area contributed by atoms with E-state index in [2.05, 4.69) is 11.9 Å². The SMILES string of the molecule is C=C(Nc1ccc2c(c1)OCCO2)c1ccc2c(c1)N(CC)C(=O)c1ccccc1N2O. The highest BCUT2D eigenvalue weighted by atomic mass is 16.6. The van der Waals surface area contributed by atoms with Gasteiger partial charge >= 0.3 is 0 Å². The molecule has 0 saturated carbocycles. The Kier molecular flexibility index (Phi) is 4.95. The van der Waals surface area contributed by atoms with Crippen molar-refractivity contribution in [3.05, 3.63) is 78.4 Å². The number of amides is 1. The lowest BCUT2D eigenvalue weighted by atomic mass is 10.1. The summed E-state index contributed by atoms with van der Waals surface area (Å²) in [4.78, 5) is 14.9. The standard InChI is InChI=1S/C25H23N3O4/c1-3-27-22-14-17(16(2)26-18-9-11-23-24(15-18)32-13-12-31-23)8-10-21(22)28(30)20-7-5-4-6-19(20)25(27)29/h4-11,14-15,26,30H,2-3,12-13H2,1H3. The van der Waals surface area contributed by atoms with Gasteiger partial charge in [-0.3, -0.25) is 10.0 Å². The van der Waals surface area contributed by atoms with Crippen LogP contribution in [0.3, 0.4) is 0 Å². The Labute approximate surface area is 186 Å². The number of ether oxygens (including phenoxy) is 2. The van der Waals surface area contributed by atoms with E-state index in [1.807, 2.05) is 37.3 Å². The Balaban J connectivity index is 1.48. The van der Waals surface area contributed by atoms with E-state index >= 15 is 0 Å². The number of rotatable bonds is 4. The molecule has 7 heteroatoms. The van der Waals surface area contributed by atoms with Crippen molar-refractivity contribution in [1.29, 1.82) is 0 Å². The molecule has 0 saturated heterocycles. The first-order valence-electron chi connectivity index (χ1n) is 10.5. The number of fused-ring (bicyclic) bond motifs is 3. The van der Waals surface area contributed by atoms with E-state index in [-0.39, 0.29) is 5.91 Å². The third-order valence-electron chi connectivity index (χ3n) is 5.60. The highest BCUT2D eigenvalue weighted by Gasteiger charge is 2.30. The number of nitrogens with zero attached hydrogens (tertiary/aromatic N) is 2. The molecule has 0 fully saturated rings. The van der Waals surface area contributed by atoms with Crippen molar-refractivity contribution in [1.82, 2.24) is 0 Å². The van der Waals surface area contributed by atoms with Crippen molar-refractivity contribution >= 4 is 34.4 Å². The zero-order chi connectivity index (χ0) is 22.2. The molecule has 162 valence electrons. The van der Waals surface area contributed by atoms with Gasteiger partial charge in [0.15, 0.2) is 11.5 Å². The van der Waals surface area contributed by atoms with Crippen LogP contribution in [0.1, 0.15) is 22.8 Å². The smallest absolute Gasteiger partial charge is 0.260 e. The highest BCUT2D eigenvalue weighted by Crippen LogP contribution is 2.41. The van der Waals surface area contributed by atoms with Crippen LogP contribution in [0.2, 0.25) is 0 Å². The van der Waals surface area contributed by atoms with Crippen LogP contribution >= 0.6 is 0 Å². The molecule has 0 bridgehead atoms. The highest BCUT2D eigenvalue weighted by molar-refractivity contribution is 6.13. The number of benzene rings is 3. The summed E-state index contributed by atoms with van der Waals surface area (Å²) in [5, 5.41) is 15.3. The second-order valence-electron chi connectivity index (χ2n) is 7.54. The van der Waals surface area contributed by atoms with E-state index in [1.54, 1.807) is 35.2 Å². The Morgan fingerprint density at radius 2 is 1.78 bits per heavy atom. The lowest BCUT2D eigenvalue weighted by Crippen LogP contribution is -2.30. The zero-order valence-electron chi connectivity index (χ0n) is 17.7. The summed E-state index contributed by atoms with van der Waals surface area (Å²) in [5.74, 6) is 1.24. The minimum atomic E-state index is -0.163. The average Bonchev–Trinajstić information content (AvgIpc) is 2.92. The molecule has 0 atom stereocenters. The van der Waals surface area contributed by atoms with Crippen LogP contribution in [0.4, 0.5) is 22.7 Å². The Morgan fingerprint density at radius 1 is 1.00 bits per heavy atom. The van der Waals surface area contributed by atoms with Crippen molar-refractivity contribution in [2.24, 2.45) is 0 Å². The molecule has 5 rings (SSSR count). The van der Waals surface area contributed by atoms with Crippen molar-refractivity contribution < 1.29 is 19.5 Å². The van der Waals surface area contributed by atoms with E-state index in [0.717, 1.165) is 22.1 Å². The number of para-hydroxylation sites is 1. The first kappa shape index (κ1) is 20.0. The lowest BCUT2D eigenvalue weighted by molar-refractivity contribution is 0.0989. The van der Waals surface area contributed by atoms with Crippen LogP contribution in [0, 0.1) is 0 Å². The lowest BCUT2D eigenvalue weighted by Gasteiger charge is -2.24. The number of carbonyl (C=O) groups excluding carboxylic acids is 1. The van der Waals surface area contributed by atoms with Crippen molar-refractivity contribution in [2.45, 2.75) is 6.92 Å². The molecule has 3 aromatic rings. The van der Waals surface area contributed by atoms with E-state index < -0.39 is 0 Å². The largest absolute Gasteiger partial charge is 0.486 e. The predicted octanol–water partition coefficient (Wildman–Crippen LogP) is 5.05. The van der Waals surface area contributed by atoms with Gasteiger partial charge < -0.3 is 19.7 Å². The normalized spacial score (nSPS) is 14.4. The second kappa shape index (κ2) is 7.94. The maximum atomic E-state index is 13.2. The summed E-state index contributed by atoms with van der Waals surface area (Å²) < 4.78 is 11.2. The predicted molar refractivity (Wildman–Crippen MR) is 124 cm³/mol. The molecule has 32 heavy (non-hydrogen) atoms. The summed E-state index contributed by atoms with van der Waals surface area (Å²) in [6, 6.07) is 18.2. The quantitative estimate of drug-likeness (QED) is 0.605. The molecule has 2 aliphatic heterocycles. The van der Waals surface area contributed by atoms with Crippen LogP contribution < -0.4 is 24.8 Å². The maximum Gasteiger partial charge on any atom is 0.260 e. The first-order valence-corrected chi connectivity index (χ1v) is 10.5. The Bertz CT molecular complexity index is 1220. The summed E-state index contributed by atoms with van der Waals surface area (Å²) >= 11 is 0. The maximum absolute atomic E-state index is 13.2. The fourth-order valence-corrected chi connectivity index (χ4v) is 4.01. The van der Waals surface area contributed by atoms with Crippen molar-refractivity contribution in [3.63, 3.8) is 0 Å². The van der Waals surface area contributed by atoms with Gasteiger partial charge in [-0.25, -0.2) is 5.06 Å². The average molecular weight is 429 g/mol. The minimum absolute atomic E-state index is 0.163. The van der Waals surface area contributed by atoms with Crippen LogP contribution in [0.15, 0.2) is 67.2 Å². The molecule has 7 nitrogen and oxygen atoms in total. The fraction of sp³-hybridized carbons (Fsp3) is 0.160. The number of anilines is 4. The van der Waals surface area contributed by atoms with Gasteiger partial charge in [0.1, 0.15) is 13.2 Å². The molecule has 0 spiro atoms. The molecule has 2 N–H and O–H groups in total. The Morgan fingerprint density at radius 3 is 2.59 bits per heavy atom. The molecule has 0 unspecified atom stereocenters. The molecular formula is C25H23N3O4. The van der Waals surface area contributed by atoms with E-state index in [0.29, 0.717) is 53.8 Å². The van der Waals surface area contributed by atoms with Gasteiger partial charge in [-0.1, -0.05) is 24.8 Å². The summed E-state index contributed by atoms with van der Waals surface area (Å²) in [5.41, 5.74) is 4.30. The molecule has 2 aliphatic rings. The molecule has 3 aromatic carbocycles. The number of hydrogen-bond donors (Lipinski definition) is 2. The van der Waals surface area contributed by atoms with Gasteiger partial charge in [0, 0.05) is 24.0 Å². The summed E-state index contributed by atoms with van der Waals surface area (Å²) in [7, 11) is 0. The Hall–Kier alpha value is -3.97. The molecule has 0 radical (unpaired) electrons. The monoisotopic (exact) mass is 429 g/mol. The molecule has 0 aliphatic carbocycles. The minimum Gasteiger partial charge on any atom is -0.486 e. The van der Waals surface area contributed by atoms with Crippen molar-refractivity contribution in [2.75, 3.05) is 35.0 Å². The fourth-order valence-electron chi connectivity index (χ4n) is 4.01. The molecule has 0 aromatic heterocycles.